The number of hydrogen-bond donors (Lipinski definition) is 2. The van der Waals surface area contributed by atoms with E-state index in [1.54, 1.807) is 6.07 Å². The van der Waals surface area contributed by atoms with Gasteiger partial charge in [0, 0.05) is 28.7 Å². The molecule has 120 valence electrons. The fraction of sp³-hybridized carbons (Fsp3) is 0.250. The second-order valence-corrected chi connectivity index (χ2v) is 5.44. The van der Waals surface area contributed by atoms with Crippen molar-refractivity contribution in [3.8, 4) is 5.75 Å². The summed E-state index contributed by atoms with van der Waals surface area (Å²) in [6.07, 6.45) is 0. The van der Waals surface area contributed by atoms with E-state index >= 15 is 0 Å². The molecule has 6 heteroatoms. The molecule has 0 unspecified atom stereocenters. The first-order valence-electron chi connectivity index (χ1n) is 6.66. The summed E-state index contributed by atoms with van der Waals surface area (Å²) in [5.74, 6) is 0.778. The van der Waals surface area contributed by atoms with Gasteiger partial charge in [-0.3, -0.25) is 0 Å². The Hall–Kier alpha value is -0.970. The molecule has 2 aromatic rings. The lowest BCUT2D eigenvalue weighted by Gasteiger charge is -2.12. The highest BCUT2D eigenvalue weighted by atomic mass is 35.5. The molecule has 3 nitrogen and oxygen atoms in total. The van der Waals surface area contributed by atoms with Gasteiger partial charge >= 0.3 is 0 Å². The zero-order valence-electron chi connectivity index (χ0n) is 11.9. The van der Waals surface area contributed by atoms with Crippen LogP contribution in [0.5, 0.6) is 5.75 Å². The number of rotatable bonds is 7. The number of hydrogen-bond acceptors (Lipinski definition) is 3. The molecule has 0 aliphatic carbocycles. The van der Waals surface area contributed by atoms with Crippen LogP contribution in [-0.2, 0) is 13.2 Å². The first-order valence-corrected chi connectivity index (χ1v) is 7.42. The Balaban J connectivity index is 0.00000242. The van der Waals surface area contributed by atoms with Gasteiger partial charge in [0.05, 0.1) is 6.61 Å². The van der Waals surface area contributed by atoms with Crippen molar-refractivity contribution >= 4 is 35.6 Å². The summed E-state index contributed by atoms with van der Waals surface area (Å²) in [6.45, 7) is 1.69. The second-order valence-electron chi connectivity index (χ2n) is 4.57. The Morgan fingerprint density at radius 2 is 1.68 bits per heavy atom. The standard InChI is InChI=1S/C16H17Cl2NO2.ClH/c17-14-3-1-12(2-4-14)11-21-16-6-5-15(18)9-13(16)10-19-7-8-20;/h1-6,9,19-20H,7-8,10-11H2;1H. The Bertz CT molecular complexity index is 576. The van der Waals surface area contributed by atoms with Crippen molar-refractivity contribution in [2.45, 2.75) is 13.2 Å². The fourth-order valence-electron chi connectivity index (χ4n) is 1.87. The number of nitrogens with one attached hydrogen (secondary N) is 1. The molecule has 22 heavy (non-hydrogen) atoms. The summed E-state index contributed by atoms with van der Waals surface area (Å²) in [5.41, 5.74) is 2.01. The van der Waals surface area contributed by atoms with Crippen molar-refractivity contribution in [2.75, 3.05) is 13.2 Å². The van der Waals surface area contributed by atoms with E-state index in [1.807, 2.05) is 36.4 Å². The summed E-state index contributed by atoms with van der Waals surface area (Å²) in [4.78, 5) is 0. The van der Waals surface area contributed by atoms with Gasteiger partial charge in [0.2, 0.25) is 0 Å². The molecule has 0 atom stereocenters. The quantitative estimate of drug-likeness (QED) is 0.729. The summed E-state index contributed by atoms with van der Waals surface area (Å²) in [7, 11) is 0. The molecular weight excluding hydrogens is 345 g/mol. The van der Waals surface area contributed by atoms with E-state index in [9.17, 15) is 0 Å². The van der Waals surface area contributed by atoms with Crippen LogP contribution in [0.3, 0.4) is 0 Å². The number of halogens is 3. The monoisotopic (exact) mass is 361 g/mol. The molecule has 0 heterocycles. The smallest absolute Gasteiger partial charge is 0.124 e. The lowest BCUT2D eigenvalue weighted by Crippen LogP contribution is -2.18. The molecule has 2 aromatic carbocycles. The Kier molecular flexibility index (Phi) is 8.61. The number of aliphatic hydroxyl groups excluding tert-OH is 1. The van der Waals surface area contributed by atoms with Crippen molar-refractivity contribution in [1.82, 2.24) is 5.32 Å². The van der Waals surface area contributed by atoms with E-state index < -0.39 is 0 Å². The van der Waals surface area contributed by atoms with Gasteiger partial charge in [0.15, 0.2) is 0 Å². The van der Waals surface area contributed by atoms with Crippen molar-refractivity contribution in [2.24, 2.45) is 0 Å². The van der Waals surface area contributed by atoms with Crippen molar-refractivity contribution in [3.63, 3.8) is 0 Å². The average molecular weight is 363 g/mol. The molecule has 0 radical (unpaired) electrons. The van der Waals surface area contributed by atoms with Crippen molar-refractivity contribution in [1.29, 1.82) is 0 Å². The maximum atomic E-state index is 8.81. The third-order valence-electron chi connectivity index (χ3n) is 2.93. The van der Waals surface area contributed by atoms with Gasteiger partial charge in [0.25, 0.3) is 0 Å². The SMILES string of the molecule is Cl.OCCNCc1cc(Cl)ccc1OCc1ccc(Cl)cc1. The van der Waals surface area contributed by atoms with Crippen LogP contribution >= 0.6 is 35.6 Å². The van der Waals surface area contributed by atoms with E-state index in [1.165, 1.54) is 0 Å². The second kappa shape index (κ2) is 9.93. The highest BCUT2D eigenvalue weighted by molar-refractivity contribution is 6.30. The van der Waals surface area contributed by atoms with Crippen LogP contribution in [0.1, 0.15) is 11.1 Å². The molecule has 0 spiro atoms. The summed E-state index contributed by atoms with van der Waals surface area (Å²) < 4.78 is 5.84. The minimum absolute atomic E-state index is 0. The summed E-state index contributed by atoms with van der Waals surface area (Å²) >= 11 is 11.9. The Morgan fingerprint density at radius 3 is 2.36 bits per heavy atom. The highest BCUT2D eigenvalue weighted by Gasteiger charge is 2.05. The lowest BCUT2D eigenvalue weighted by atomic mass is 10.2. The number of ether oxygens (including phenoxy) is 1. The molecule has 0 saturated carbocycles. The van der Waals surface area contributed by atoms with Crippen LogP contribution in [0.25, 0.3) is 0 Å². The number of aliphatic hydroxyl groups is 1. The minimum Gasteiger partial charge on any atom is -0.489 e. The maximum absolute atomic E-state index is 8.81. The van der Waals surface area contributed by atoms with Crippen LogP contribution in [0.2, 0.25) is 10.0 Å². The van der Waals surface area contributed by atoms with Crippen LogP contribution < -0.4 is 10.1 Å². The van der Waals surface area contributed by atoms with Gasteiger partial charge in [-0.1, -0.05) is 35.3 Å². The van der Waals surface area contributed by atoms with E-state index in [4.69, 9.17) is 33.0 Å². The molecule has 2 N–H and O–H groups in total. The molecular formula is C16H18Cl3NO2. The van der Waals surface area contributed by atoms with Crippen LogP contribution in [0, 0.1) is 0 Å². The van der Waals surface area contributed by atoms with E-state index in [0.717, 1.165) is 16.9 Å². The molecule has 0 saturated heterocycles. The predicted octanol–water partition coefficient (Wildman–Crippen LogP) is 4.08. The van der Waals surface area contributed by atoms with Crippen molar-refractivity contribution < 1.29 is 9.84 Å². The minimum atomic E-state index is 0. The van der Waals surface area contributed by atoms with E-state index in [2.05, 4.69) is 5.32 Å². The van der Waals surface area contributed by atoms with Gasteiger partial charge in [-0.25, -0.2) is 0 Å². The maximum Gasteiger partial charge on any atom is 0.124 e. The zero-order chi connectivity index (χ0) is 15.1. The van der Waals surface area contributed by atoms with Gasteiger partial charge in [-0.05, 0) is 35.9 Å². The van der Waals surface area contributed by atoms with E-state index in [-0.39, 0.29) is 19.0 Å². The third kappa shape index (κ3) is 6.03. The normalized spacial score (nSPS) is 10.1. The Labute approximate surface area is 146 Å². The lowest BCUT2D eigenvalue weighted by molar-refractivity contribution is 0.288. The first-order chi connectivity index (χ1) is 10.2. The topological polar surface area (TPSA) is 41.5 Å². The van der Waals surface area contributed by atoms with E-state index in [0.29, 0.717) is 29.7 Å². The Morgan fingerprint density at radius 1 is 1.00 bits per heavy atom. The molecule has 2 rings (SSSR count). The fourth-order valence-corrected chi connectivity index (χ4v) is 2.19. The molecule has 0 aliphatic heterocycles. The van der Waals surface area contributed by atoms with Crippen LogP contribution in [0.15, 0.2) is 42.5 Å². The van der Waals surface area contributed by atoms with Crippen LogP contribution in [-0.4, -0.2) is 18.3 Å². The number of benzene rings is 2. The third-order valence-corrected chi connectivity index (χ3v) is 3.42. The largest absolute Gasteiger partial charge is 0.489 e. The van der Waals surface area contributed by atoms with Crippen molar-refractivity contribution in [3.05, 3.63) is 63.6 Å². The predicted molar refractivity (Wildman–Crippen MR) is 93.3 cm³/mol. The first kappa shape index (κ1) is 19.1. The van der Waals surface area contributed by atoms with Gasteiger partial charge in [0.1, 0.15) is 12.4 Å². The molecule has 0 fully saturated rings. The molecule has 0 bridgehead atoms. The van der Waals surface area contributed by atoms with Crippen LogP contribution in [0.4, 0.5) is 0 Å². The summed E-state index contributed by atoms with van der Waals surface area (Å²) in [5, 5.41) is 13.3. The molecule has 0 aromatic heterocycles. The highest BCUT2D eigenvalue weighted by Crippen LogP contribution is 2.24. The van der Waals surface area contributed by atoms with Gasteiger partial charge in [-0.2, -0.15) is 0 Å². The average Bonchev–Trinajstić information content (AvgIpc) is 2.48. The molecule has 0 aliphatic rings. The van der Waals surface area contributed by atoms with Gasteiger partial charge < -0.3 is 15.2 Å². The molecule has 0 amide bonds. The van der Waals surface area contributed by atoms with Gasteiger partial charge in [-0.15, -0.1) is 12.4 Å². The zero-order valence-corrected chi connectivity index (χ0v) is 14.2. The summed E-state index contributed by atoms with van der Waals surface area (Å²) in [6, 6.07) is 13.1.